The summed E-state index contributed by atoms with van der Waals surface area (Å²) < 4.78 is 0. The monoisotopic (exact) mass is 266 g/mol. The molecule has 1 atom stereocenters. The number of nitrogens with two attached hydrogens (primary N) is 1. The normalized spacial score (nSPS) is 18.3. The molecular weight excluding hydrogens is 256 g/mol. The minimum absolute atomic E-state index is 0.319. The first-order valence-corrected chi connectivity index (χ1v) is 5.97. The molecule has 1 aromatic carbocycles. The quantitative estimate of drug-likeness (QED) is 0.754. The zero-order valence-electron chi connectivity index (χ0n) is 9.20. The van der Waals surface area contributed by atoms with Gasteiger partial charge in [-0.05, 0) is 12.1 Å². The first-order chi connectivity index (χ1) is 8.50. The van der Waals surface area contributed by atoms with E-state index in [4.69, 9.17) is 10.8 Å². The van der Waals surface area contributed by atoms with Crippen LogP contribution in [0.1, 0.15) is 0 Å². The number of fused-ring (bicyclic) bond motifs is 1. The first kappa shape index (κ1) is 12.4. The van der Waals surface area contributed by atoms with Gasteiger partial charge in [-0.3, -0.25) is 14.4 Å². The summed E-state index contributed by atoms with van der Waals surface area (Å²) in [7, 11) is 0. The molecule has 3 N–H and O–H groups in total. The maximum atomic E-state index is 12.0. The van der Waals surface area contributed by atoms with Crippen LogP contribution in [-0.2, 0) is 14.4 Å². The molecule has 7 heteroatoms. The van der Waals surface area contributed by atoms with Crippen LogP contribution < -0.4 is 10.6 Å². The maximum absolute atomic E-state index is 12.0. The van der Waals surface area contributed by atoms with Gasteiger partial charge in [0.2, 0.25) is 5.91 Å². The smallest absolute Gasteiger partial charge is 0.326 e. The molecule has 1 aliphatic heterocycles. The van der Waals surface area contributed by atoms with Gasteiger partial charge in [0.15, 0.2) is 5.25 Å². The molecule has 0 radical (unpaired) electrons. The van der Waals surface area contributed by atoms with Gasteiger partial charge in [0.25, 0.3) is 5.91 Å². The van der Waals surface area contributed by atoms with Crippen LogP contribution >= 0.6 is 11.8 Å². The third kappa shape index (κ3) is 2.17. The van der Waals surface area contributed by atoms with Gasteiger partial charge in [-0.15, -0.1) is 0 Å². The molecule has 0 aliphatic carbocycles. The van der Waals surface area contributed by atoms with Gasteiger partial charge in [-0.2, -0.15) is 0 Å². The lowest BCUT2D eigenvalue weighted by molar-refractivity contribution is -0.139. The third-order valence-electron chi connectivity index (χ3n) is 2.43. The fourth-order valence-corrected chi connectivity index (χ4v) is 2.73. The van der Waals surface area contributed by atoms with Gasteiger partial charge < -0.3 is 15.7 Å². The number of benzene rings is 1. The number of thioether (sulfide) groups is 1. The number of para-hydroxylation sites is 1. The van der Waals surface area contributed by atoms with E-state index in [1.807, 2.05) is 0 Å². The molecule has 1 aromatic rings. The summed E-state index contributed by atoms with van der Waals surface area (Å²) in [6, 6.07) is 6.81. The number of hydrogen-bond acceptors (Lipinski definition) is 4. The Morgan fingerprint density at radius 2 is 2.06 bits per heavy atom. The molecule has 0 fully saturated rings. The Morgan fingerprint density at radius 3 is 2.67 bits per heavy atom. The lowest BCUT2D eigenvalue weighted by Gasteiger charge is -2.31. The predicted octanol–water partition coefficient (Wildman–Crippen LogP) is 0.0638. The number of carboxylic acids is 1. The van der Waals surface area contributed by atoms with Gasteiger partial charge in [-0.1, -0.05) is 23.9 Å². The second-order valence-corrected chi connectivity index (χ2v) is 4.84. The van der Waals surface area contributed by atoms with Crippen LogP contribution in [0.15, 0.2) is 29.2 Å². The molecule has 1 unspecified atom stereocenters. The van der Waals surface area contributed by atoms with Crippen LogP contribution in [0.2, 0.25) is 0 Å². The summed E-state index contributed by atoms with van der Waals surface area (Å²) >= 11 is 0.961. The van der Waals surface area contributed by atoms with E-state index in [9.17, 15) is 14.4 Å². The van der Waals surface area contributed by atoms with Crippen LogP contribution in [0.25, 0.3) is 0 Å². The van der Waals surface area contributed by atoms with Crippen LogP contribution in [0.5, 0.6) is 0 Å². The van der Waals surface area contributed by atoms with Crippen LogP contribution in [0.4, 0.5) is 5.69 Å². The van der Waals surface area contributed by atoms with Crippen molar-refractivity contribution in [3.63, 3.8) is 0 Å². The van der Waals surface area contributed by atoms with Crippen molar-refractivity contribution in [3.8, 4) is 0 Å². The van der Waals surface area contributed by atoms with Gasteiger partial charge in [0, 0.05) is 4.90 Å². The lowest BCUT2D eigenvalue weighted by atomic mass is 10.2. The molecule has 94 valence electrons. The van der Waals surface area contributed by atoms with E-state index in [1.54, 1.807) is 24.3 Å². The lowest BCUT2D eigenvalue weighted by Crippen LogP contribution is -2.47. The molecule has 1 aliphatic rings. The summed E-state index contributed by atoms with van der Waals surface area (Å²) in [5, 5.41) is 7.76. The highest BCUT2D eigenvalue weighted by Crippen LogP contribution is 2.38. The first-order valence-electron chi connectivity index (χ1n) is 5.09. The topological polar surface area (TPSA) is 101 Å². The molecule has 0 saturated heterocycles. The Labute approximate surface area is 107 Å². The number of hydrogen-bond donors (Lipinski definition) is 2. The molecule has 1 heterocycles. The summed E-state index contributed by atoms with van der Waals surface area (Å²) in [5.74, 6) is -2.55. The second kappa shape index (κ2) is 4.69. The Morgan fingerprint density at radius 1 is 1.39 bits per heavy atom. The summed E-state index contributed by atoms with van der Waals surface area (Å²) in [5.41, 5.74) is 5.59. The minimum Gasteiger partial charge on any atom is -0.480 e. The summed E-state index contributed by atoms with van der Waals surface area (Å²) in [6.45, 7) is -0.319. The van der Waals surface area contributed by atoms with Crippen molar-refractivity contribution >= 4 is 35.2 Å². The summed E-state index contributed by atoms with van der Waals surface area (Å²) in [4.78, 5) is 35.7. The van der Waals surface area contributed by atoms with Crippen molar-refractivity contribution in [1.82, 2.24) is 0 Å². The zero-order chi connectivity index (χ0) is 13.3. The van der Waals surface area contributed by atoms with E-state index in [-0.39, 0.29) is 6.54 Å². The average Bonchev–Trinajstić information content (AvgIpc) is 2.31. The maximum Gasteiger partial charge on any atom is 0.326 e. The van der Waals surface area contributed by atoms with Gasteiger partial charge >= 0.3 is 5.97 Å². The molecule has 2 amide bonds. The Hall–Kier alpha value is -2.02. The average molecular weight is 266 g/mol. The molecule has 0 aromatic heterocycles. The number of rotatable bonds is 3. The highest BCUT2D eigenvalue weighted by molar-refractivity contribution is 8.01. The fourth-order valence-electron chi connectivity index (χ4n) is 1.69. The van der Waals surface area contributed by atoms with Crippen molar-refractivity contribution in [3.05, 3.63) is 24.3 Å². The number of carboxylic acid groups (broad SMARTS) is 1. The van der Waals surface area contributed by atoms with E-state index in [0.717, 1.165) is 16.7 Å². The minimum atomic E-state index is -1.24. The molecular formula is C11H10N2O4S. The second-order valence-electron chi connectivity index (χ2n) is 3.69. The number of carbonyl (C=O) groups is 3. The van der Waals surface area contributed by atoms with Crippen molar-refractivity contribution in [2.45, 2.75) is 10.1 Å². The number of amides is 2. The van der Waals surface area contributed by atoms with Gasteiger partial charge in [0.1, 0.15) is 6.54 Å². The molecule has 2 rings (SSSR count). The molecule has 6 nitrogen and oxygen atoms in total. The molecule has 0 spiro atoms. The number of carbonyl (C=O) groups excluding carboxylic acids is 2. The van der Waals surface area contributed by atoms with Crippen LogP contribution in [0.3, 0.4) is 0 Å². The standard InChI is InChI=1S/C11H10N2O4S/c12-8(14)5-13-6-3-1-2-4-7(6)18-9(10(13)15)11(16)17/h1-4,9H,5H2,(H2,12,14)(H,16,17). The number of anilines is 1. The third-order valence-corrected chi connectivity index (χ3v) is 3.67. The SMILES string of the molecule is NC(=O)CN1C(=O)C(C(=O)O)Sc2ccccc21. The van der Waals surface area contributed by atoms with E-state index in [1.165, 1.54) is 0 Å². The van der Waals surface area contributed by atoms with Gasteiger partial charge in [0.05, 0.1) is 5.69 Å². The van der Waals surface area contributed by atoms with Gasteiger partial charge in [-0.25, -0.2) is 0 Å². The van der Waals surface area contributed by atoms with Crippen LogP contribution in [0, 0.1) is 0 Å². The van der Waals surface area contributed by atoms with Crippen molar-refractivity contribution in [2.24, 2.45) is 5.73 Å². The van der Waals surface area contributed by atoms with Crippen molar-refractivity contribution < 1.29 is 19.5 Å². The number of primary amides is 1. The summed E-state index contributed by atoms with van der Waals surface area (Å²) in [6.07, 6.45) is 0. The highest BCUT2D eigenvalue weighted by Gasteiger charge is 2.38. The Kier molecular flexibility index (Phi) is 3.24. The molecule has 0 saturated carbocycles. The largest absolute Gasteiger partial charge is 0.480 e. The number of nitrogens with zero attached hydrogens (tertiary/aromatic N) is 1. The molecule has 0 bridgehead atoms. The number of aliphatic carboxylic acids is 1. The van der Waals surface area contributed by atoms with E-state index in [0.29, 0.717) is 10.6 Å². The predicted molar refractivity (Wildman–Crippen MR) is 65.3 cm³/mol. The van der Waals surface area contributed by atoms with E-state index < -0.39 is 23.0 Å². The van der Waals surface area contributed by atoms with E-state index >= 15 is 0 Å². The van der Waals surface area contributed by atoms with Crippen molar-refractivity contribution in [2.75, 3.05) is 11.4 Å². The Balaban J connectivity index is 2.45. The van der Waals surface area contributed by atoms with Crippen molar-refractivity contribution in [1.29, 1.82) is 0 Å². The van der Waals surface area contributed by atoms with Crippen LogP contribution in [-0.4, -0.2) is 34.7 Å². The highest BCUT2D eigenvalue weighted by atomic mass is 32.2. The fraction of sp³-hybridized carbons (Fsp3) is 0.182. The molecule has 18 heavy (non-hydrogen) atoms. The zero-order valence-corrected chi connectivity index (χ0v) is 10.0. The Bertz CT molecular complexity index is 532. The van der Waals surface area contributed by atoms with E-state index in [2.05, 4.69) is 0 Å².